The number of nitrogens with one attached hydrogen (secondary N) is 3. The van der Waals surface area contributed by atoms with Crippen molar-refractivity contribution in [2.75, 3.05) is 19.3 Å². The minimum absolute atomic E-state index is 0.00499. The summed E-state index contributed by atoms with van der Waals surface area (Å²) in [6.45, 7) is -0.00499. The van der Waals surface area contributed by atoms with Crippen molar-refractivity contribution in [2.24, 2.45) is 5.10 Å². The van der Waals surface area contributed by atoms with Crippen LogP contribution in [-0.2, 0) is 19.6 Å². The van der Waals surface area contributed by atoms with Crippen LogP contribution in [0.15, 0.2) is 5.10 Å². The zero-order valence-corrected chi connectivity index (χ0v) is 10.1. The Labute approximate surface area is 98.9 Å². The third kappa shape index (κ3) is 4.49. The summed E-state index contributed by atoms with van der Waals surface area (Å²) in [5.41, 5.74) is 2.39. The van der Waals surface area contributed by atoms with Gasteiger partial charge in [-0.3, -0.25) is 9.59 Å². The van der Waals surface area contributed by atoms with Gasteiger partial charge in [-0.1, -0.05) is 0 Å². The van der Waals surface area contributed by atoms with Gasteiger partial charge in [-0.15, -0.1) is 0 Å². The average Bonchev–Trinajstić information content (AvgIpc) is 2.29. The van der Waals surface area contributed by atoms with Crippen LogP contribution in [0.3, 0.4) is 0 Å². The van der Waals surface area contributed by atoms with Crippen molar-refractivity contribution in [3.8, 4) is 0 Å². The molecule has 0 bridgehead atoms. The molecule has 0 unspecified atom stereocenters. The SMILES string of the molecule is CNS(=O)(=O)CCNC(=O)C1=NNC(=O)CC1. The van der Waals surface area contributed by atoms with E-state index in [1.807, 2.05) is 0 Å². The molecule has 0 spiro atoms. The Bertz CT molecular complexity index is 442. The summed E-state index contributed by atoms with van der Waals surface area (Å²) < 4.78 is 24.2. The van der Waals surface area contributed by atoms with Crippen LogP contribution in [0.4, 0.5) is 0 Å². The third-order valence-corrected chi connectivity index (χ3v) is 3.50. The monoisotopic (exact) mass is 262 g/mol. The smallest absolute Gasteiger partial charge is 0.267 e. The van der Waals surface area contributed by atoms with E-state index in [1.165, 1.54) is 7.05 Å². The first-order chi connectivity index (χ1) is 7.94. The van der Waals surface area contributed by atoms with Crippen molar-refractivity contribution in [2.45, 2.75) is 12.8 Å². The largest absolute Gasteiger partial charge is 0.350 e. The maximum absolute atomic E-state index is 11.5. The van der Waals surface area contributed by atoms with Crippen LogP contribution in [0, 0.1) is 0 Å². The highest BCUT2D eigenvalue weighted by Crippen LogP contribution is 1.99. The number of hydrazone groups is 1. The number of carbonyl (C=O) groups excluding carboxylic acids is 2. The van der Waals surface area contributed by atoms with Gasteiger partial charge in [0.2, 0.25) is 15.9 Å². The van der Waals surface area contributed by atoms with Gasteiger partial charge < -0.3 is 5.32 Å². The molecule has 0 aromatic carbocycles. The molecular weight excluding hydrogens is 248 g/mol. The maximum atomic E-state index is 11.5. The first kappa shape index (κ1) is 13.6. The lowest BCUT2D eigenvalue weighted by atomic mass is 10.2. The molecule has 0 saturated carbocycles. The Morgan fingerprint density at radius 3 is 2.71 bits per heavy atom. The van der Waals surface area contributed by atoms with E-state index < -0.39 is 15.9 Å². The van der Waals surface area contributed by atoms with Gasteiger partial charge in [0.25, 0.3) is 5.91 Å². The van der Waals surface area contributed by atoms with E-state index in [9.17, 15) is 18.0 Å². The molecule has 8 nitrogen and oxygen atoms in total. The molecule has 1 aliphatic heterocycles. The molecule has 0 aliphatic carbocycles. The quantitative estimate of drug-likeness (QED) is 0.527. The van der Waals surface area contributed by atoms with Crippen LogP contribution in [0.5, 0.6) is 0 Å². The molecule has 0 fully saturated rings. The molecule has 0 aromatic heterocycles. The number of hydrogen-bond donors (Lipinski definition) is 3. The van der Waals surface area contributed by atoms with Crippen molar-refractivity contribution < 1.29 is 18.0 Å². The number of rotatable bonds is 5. The number of nitrogens with zero attached hydrogens (tertiary/aromatic N) is 1. The zero-order chi connectivity index (χ0) is 12.9. The maximum Gasteiger partial charge on any atom is 0.267 e. The standard InChI is InChI=1S/C8H14N4O4S/c1-9-17(15,16)5-4-10-8(14)6-2-3-7(13)12-11-6/h9H,2-5H2,1H3,(H,10,14)(H,12,13). The van der Waals surface area contributed by atoms with Gasteiger partial charge in [-0.05, 0) is 7.05 Å². The molecule has 9 heteroatoms. The molecular formula is C8H14N4O4S. The molecule has 17 heavy (non-hydrogen) atoms. The highest BCUT2D eigenvalue weighted by atomic mass is 32.2. The first-order valence-electron chi connectivity index (χ1n) is 4.99. The van der Waals surface area contributed by atoms with E-state index in [4.69, 9.17) is 0 Å². The summed E-state index contributed by atoms with van der Waals surface area (Å²) >= 11 is 0. The number of amides is 2. The molecule has 1 heterocycles. The van der Waals surface area contributed by atoms with Crippen LogP contribution in [-0.4, -0.2) is 45.3 Å². The molecule has 0 aromatic rings. The Kier molecular flexibility index (Phi) is 4.58. The summed E-state index contributed by atoms with van der Waals surface area (Å²) in [6.07, 6.45) is 0.470. The summed E-state index contributed by atoms with van der Waals surface area (Å²) in [6, 6.07) is 0. The van der Waals surface area contributed by atoms with Crippen molar-refractivity contribution >= 4 is 27.5 Å². The van der Waals surface area contributed by atoms with E-state index in [-0.39, 0.29) is 36.8 Å². The first-order valence-corrected chi connectivity index (χ1v) is 6.64. The van der Waals surface area contributed by atoms with Gasteiger partial charge in [-0.2, -0.15) is 5.10 Å². The number of carbonyl (C=O) groups is 2. The summed E-state index contributed by atoms with van der Waals surface area (Å²) in [5, 5.41) is 6.00. The third-order valence-electron chi connectivity index (χ3n) is 2.13. The van der Waals surface area contributed by atoms with E-state index in [1.54, 1.807) is 0 Å². The molecule has 1 aliphatic rings. The fourth-order valence-electron chi connectivity index (χ4n) is 1.14. The van der Waals surface area contributed by atoms with Crippen LogP contribution in [0.25, 0.3) is 0 Å². The minimum atomic E-state index is -3.33. The molecule has 96 valence electrons. The lowest BCUT2D eigenvalue weighted by molar-refractivity contribution is -0.121. The van der Waals surface area contributed by atoms with E-state index in [0.717, 1.165) is 0 Å². The highest BCUT2D eigenvalue weighted by Gasteiger charge is 2.18. The van der Waals surface area contributed by atoms with E-state index in [0.29, 0.717) is 0 Å². The van der Waals surface area contributed by atoms with Crippen LogP contribution < -0.4 is 15.5 Å². The molecule has 0 radical (unpaired) electrons. The zero-order valence-electron chi connectivity index (χ0n) is 9.32. The lowest BCUT2D eigenvalue weighted by Crippen LogP contribution is -2.39. The molecule has 2 amide bonds. The Hall–Kier alpha value is -1.48. The van der Waals surface area contributed by atoms with E-state index >= 15 is 0 Å². The molecule has 3 N–H and O–H groups in total. The van der Waals surface area contributed by atoms with Crippen molar-refractivity contribution in [3.63, 3.8) is 0 Å². The second kappa shape index (κ2) is 5.73. The van der Waals surface area contributed by atoms with Gasteiger partial charge in [0.1, 0.15) is 5.71 Å². The second-order valence-corrected chi connectivity index (χ2v) is 5.42. The van der Waals surface area contributed by atoms with Crippen LogP contribution >= 0.6 is 0 Å². The fraction of sp³-hybridized carbons (Fsp3) is 0.625. The Balaban J connectivity index is 2.38. The normalized spacial score (nSPS) is 16.1. The second-order valence-electron chi connectivity index (χ2n) is 3.37. The Morgan fingerprint density at radius 1 is 1.47 bits per heavy atom. The predicted octanol–water partition coefficient (Wildman–Crippen LogP) is -2.08. The van der Waals surface area contributed by atoms with Crippen LogP contribution in [0.2, 0.25) is 0 Å². The van der Waals surface area contributed by atoms with Crippen LogP contribution in [0.1, 0.15) is 12.8 Å². The fourth-order valence-corrected chi connectivity index (χ4v) is 1.72. The average molecular weight is 262 g/mol. The summed E-state index contributed by atoms with van der Waals surface area (Å²) in [4.78, 5) is 22.2. The number of sulfonamides is 1. The van der Waals surface area contributed by atoms with Gasteiger partial charge in [0.05, 0.1) is 5.75 Å². The Morgan fingerprint density at radius 2 is 2.18 bits per heavy atom. The summed E-state index contributed by atoms with van der Waals surface area (Å²) in [5.74, 6) is -0.898. The van der Waals surface area contributed by atoms with Crippen molar-refractivity contribution in [1.29, 1.82) is 0 Å². The highest BCUT2D eigenvalue weighted by molar-refractivity contribution is 7.89. The van der Waals surface area contributed by atoms with Crippen molar-refractivity contribution in [3.05, 3.63) is 0 Å². The van der Waals surface area contributed by atoms with E-state index in [2.05, 4.69) is 20.6 Å². The topological polar surface area (TPSA) is 117 Å². The molecule has 1 rings (SSSR count). The van der Waals surface area contributed by atoms with Gasteiger partial charge in [-0.25, -0.2) is 18.6 Å². The van der Waals surface area contributed by atoms with Crippen molar-refractivity contribution in [1.82, 2.24) is 15.5 Å². The minimum Gasteiger partial charge on any atom is -0.350 e. The van der Waals surface area contributed by atoms with Gasteiger partial charge in [0, 0.05) is 19.4 Å². The lowest BCUT2D eigenvalue weighted by Gasteiger charge is -2.11. The van der Waals surface area contributed by atoms with Gasteiger partial charge in [0.15, 0.2) is 0 Å². The summed E-state index contributed by atoms with van der Waals surface area (Å²) in [7, 11) is -2.03. The molecule has 0 atom stereocenters. The molecule has 0 saturated heterocycles. The van der Waals surface area contributed by atoms with Gasteiger partial charge >= 0.3 is 0 Å². The predicted molar refractivity (Wildman–Crippen MR) is 60.7 cm³/mol. The number of hydrogen-bond acceptors (Lipinski definition) is 5.